The number of benzene rings is 1. The van der Waals surface area contributed by atoms with Gasteiger partial charge in [0.05, 0.1) is 17.3 Å². The van der Waals surface area contributed by atoms with Crippen LogP contribution in [0.1, 0.15) is 11.3 Å². The van der Waals surface area contributed by atoms with Crippen molar-refractivity contribution >= 4 is 27.3 Å². The van der Waals surface area contributed by atoms with Crippen molar-refractivity contribution in [1.29, 1.82) is 0 Å². The summed E-state index contributed by atoms with van der Waals surface area (Å²) in [6.07, 6.45) is 0. The molecule has 21 heavy (non-hydrogen) atoms. The molecule has 114 valence electrons. The van der Waals surface area contributed by atoms with Gasteiger partial charge in [0.25, 0.3) is 10.0 Å². The van der Waals surface area contributed by atoms with Crippen LogP contribution >= 0.6 is 11.6 Å². The molecule has 0 aliphatic rings. The smallest absolute Gasteiger partial charge is 0.275 e. The predicted octanol–water partition coefficient (Wildman–Crippen LogP) is 3.10. The lowest BCUT2D eigenvalue weighted by atomic mass is 10.2. The van der Waals surface area contributed by atoms with E-state index < -0.39 is 10.0 Å². The van der Waals surface area contributed by atoms with Crippen LogP contribution in [0.2, 0.25) is 5.02 Å². The molecule has 1 N–H and O–H groups in total. The van der Waals surface area contributed by atoms with Gasteiger partial charge >= 0.3 is 0 Å². The third-order valence-electron chi connectivity index (χ3n) is 2.95. The Balaban J connectivity index is 2.10. The molecule has 5 nitrogen and oxygen atoms in total. The number of aryl methyl sites for hydroxylation is 1. The Hall–Kier alpha value is -1.50. The van der Waals surface area contributed by atoms with Crippen LogP contribution in [0.25, 0.3) is 0 Å². The minimum Gasteiger partial charge on any atom is -0.446 e. The summed E-state index contributed by atoms with van der Waals surface area (Å²) < 4.78 is 30.3. The zero-order valence-corrected chi connectivity index (χ0v) is 13.6. The van der Waals surface area contributed by atoms with Crippen LogP contribution < -0.4 is 5.32 Å². The molecule has 0 unspecified atom stereocenters. The van der Waals surface area contributed by atoms with Crippen molar-refractivity contribution in [2.45, 2.75) is 18.6 Å². The number of furan rings is 1. The number of nitrogens with zero attached hydrogens (tertiary/aromatic N) is 1. The third-order valence-corrected chi connectivity index (χ3v) is 4.95. The second-order valence-electron chi connectivity index (χ2n) is 4.85. The van der Waals surface area contributed by atoms with Crippen LogP contribution in [0.5, 0.6) is 0 Å². The molecule has 1 aromatic carbocycles. The largest absolute Gasteiger partial charge is 0.446 e. The number of sulfonamides is 1. The molecule has 0 spiro atoms. The zero-order chi connectivity index (χ0) is 15.6. The molecular formula is C14H17ClN2O3S. The number of anilines is 1. The Labute approximate surface area is 129 Å². The van der Waals surface area contributed by atoms with Crippen molar-refractivity contribution in [2.75, 3.05) is 19.4 Å². The second kappa shape index (κ2) is 6.09. The number of rotatable bonds is 5. The van der Waals surface area contributed by atoms with Crippen LogP contribution in [0.15, 0.2) is 39.8 Å². The lowest BCUT2D eigenvalue weighted by molar-refractivity contribution is 0.402. The Morgan fingerprint density at radius 1 is 1.24 bits per heavy atom. The molecule has 2 aromatic rings. The van der Waals surface area contributed by atoms with Crippen LogP contribution in [-0.2, 0) is 16.6 Å². The highest BCUT2D eigenvalue weighted by Gasteiger charge is 2.21. The fourth-order valence-corrected chi connectivity index (χ4v) is 2.83. The first-order valence-electron chi connectivity index (χ1n) is 6.32. The number of halogens is 1. The van der Waals surface area contributed by atoms with Gasteiger partial charge in [0.2, 0.25) is 5.09 Å². The van der Waals surface area contributed by atoms with E-state index in [1.807, 2.05) is 25.1 Å². The normalized spacial score (nSPS) is 11.9. The molecular weight excluding hydrogens is 312 g/mol. The van der Waals surface area contributed by atoms with Crippen molar-refractivity contribution in [3.05, 3.63) is 46.7 Å². The Kier molecular flexibility index (Phi) is 4.61. The van der Waals surface area contributed by atoms with Gasteiger partial charge in [-0.25, -0.2) is 12.7 Å². The minimum absolute atomic E-state index is 0.0701. The van der Waals surface area contributed by atoms with E-state index in [9.17, 15) is 8.42 Å². The Bertz CT molecular complexity index is 738. The molecule has 0 amide bonds. The fraction of sp³-hybridized carbons (Fsp3) is 0.286. The second-order valence-corrected chi connectivity index (χ2v) is 7.34. The molecule has 0 bridgehead atoms. The molecule has 0 aliphatic carbocycles. The SMILES string of the molecule is Cc1ccc(NCc2ccc(S(=O)(=O)N(C)C)o2)c(Cl)c1. The van der Waals surface area contributed by atoms with Crippen molar-refractivity contribution < 1.29 is 12.8 Å². The van der Waals surface area contributed by atoms with E-state index in [0.29, 0.717) is 17.3 Å². The van der Waals surface area contributed by atoms with Crippen molar-refractivity contribution in [3.63, 3.8) is 0 Å². The van der Waals surface area contributed by atoms with Gasteiger partial charge in [0.1, 0.15) is 5.76 Å². The van der Waals surface area contributed by atoms with E-state index in [1.54, 1.807) is 6.07 Å². The molecule has 0 aliphatic heterocycles. The first-order valence-corrected chi connectivity index (χ1v) is 8.14. The maximum absolute atomic E-state index is 11.9. The van der Waals surface area contributed by atoms with Crippen molar-refractivity contribution in [3.8, 4) is 0 Å². The maximum Gasteiger partial charge on any atom is 0.275 e. The van der Waals surface area contributed by atoms with Gasteiger partial charge in [-0.3, -0.25) is 0 Å². The van der Waals surface area contributed by atoms with Gasteiger partial charge in [-0.2, -0.15) is 0 Å². The Morgan fingerprint density at radius 3 is 2.57 bits per heavy atom. The van der Waals surface area contributed by atoms with Gasteiger partial charge in [-0.15, -0.1) is 0 Å². The molecule has 1 heterocycles. The Morgan fingerprint density at radius 2 is 1.95 bits per heavy atom. The first kappa shape index (κ1) is 15.9. The van der Waals surface area contributed by atoms with E-state index in [2.05, 4.69) is 5.32 Å². The standard InChI is InChI=1S/C14H17ClN2O3S/c1-10-4-6-13(12(15)8-10)16-9-11-5-7-14(20-11)21(18,19)17(2)3/h4-8,16H,9H2,1-3H3. The molecule has 0 radical (unpaired) electrons. The van der Waals surface area contributed by atoms with Crippen LogP contribution in [0.3, 0.4) is 0 Å². The molecule has 0 saturated carbocycles. The summed E-state index contributed by atoms with van der Waals surface area (Å²) in [4.78, 5) is 0. The average molecular weight is 329 g/mol. The predicted molar refractivity (Wildman–Crippen MR) is 83.1 cm³/mol. The van der Waals surface area contributed by atoms with Crippen LogP contribution in [0, 0.1) is 6.92 Å². The molecule has 1 aromatic heterocycles. The summed E-state index contributed by atoms with van der Waals surface area (Å²) in [5.74, 6) is 0.520. The molecule has 2 rings (SSSR count). The van der Waals surface area contributed by atoms with Gasteiger partial charge in [-0.1, -0.05) is 17.7 Å². The maximum atomic E-state index is 11.9. The fourth-order valence-electron chi connectivity index (χ4n) is 1.72. The lowest BCUT2D eigenvalue weighted by Crippen LogP contribution is -2.21. The van der Waals surface area contributed by atoms with Gasteiger partial charge in [0.15, 0.2) is 0 Å². The summed E-state index contributed by atoms with van der Waals surface area (Å²) >= 11 is 6.12. The number of nitrogens with one attached hydrogen (secondary N) is 1. The van der Waals surface area contributed by atoms with Crippen molar-refractivity contribution in [1.82, 2.24) is 4.31 Å². The molecule has 0 fully saturated rings. The van der Waals surface area contributed by atoms with Gasteiger partial charge < -0.3 is 9.73 Å². The van der Waals surface area contributed by atoms with E-state index in [0.717, 1.165) is 15.6 Å². The summed E-state index contributed by atoms with van der Waals surface area (Å²) in [5.41, 5.74) is 1.85. The summed E-state index contributed by atoms with van der Waals surface area (Å²) in [7, 11) is -0.620. The van der Waals surface area contributed by atoms with Crippen molar-refractivity contribution in [2.24, 2.45) is 0 Å². The minimum atomic E-state index is -3.54. The van der Waals surface area contributed by atoms with E-state index in [-0.39, 0.29) is 5.09 Å². The molecule has 7 heteroatoms. The highest BCUT2D eigenvalue weighted by atomic mass is 35.5. The zero-order valence-electron chi connectivity index (χ0n) is 12.1. The van der Waals surface area contributed by atoms with Crippen LogP contribution in [0.4, 0.5) is 5.69 Å². The van der Waals surface area contributed by atoms with Gasteiger partial charge in [-0.05, 0) is 36.8 Å². The molecule has 0 saturated heterocycles. The average Bonchev–Trinajstić information content (AvgIpc) is 2.87. The van der Waals surface area contributed by atoms with E-state index in [1.165, 1.54) is 20.2 Å². The van der Waals surface area contributed by atoms with E-state index >= 15 is 0 Å². The quantitative estimate of drug-likeness (QED) is 0.916. The van der Waals surface area contributed by atoms with Gasteiger partial charge in [0, 0.05) is 14.1 Å². The summed E-state index contributed by atoms with van der Waals surface area (Å²) in [6.45, 7) is 2.31. The number of hydrogen-bond donors (Lipinski definition) is 1. The summed E-state index contributed by atoms with van der Waals surface area (Å²) in [6, 6.07) is 8.75. The van der Waals surface area contributed by atoms with Crippen LogP contribution in [-0.4, -0.2) is 26.8 Å². The molecule has 0 atom stereocenters. The number of hydrogen-bond acceptors (Lipinski definition) is 4. The third kappa shape index (κ3) is 3.58. The highest BCUT2D eigenvalue weighted by molar-refractivity contribution is 7.88. The lowest BCUT2D eigenvalue weighted by Gasteiger charge is -2.09. The first-order chi connectivity index (χ1) is 9.80. The monoisotopic (exact) mass is 328 g/mol. The van der Waals surface area contributed by atoms with E-state index in [4.69, 9.17) is 16.0 Å². The topological polar surface area (TPSA) is 62.6 Å². The summed E-state index contributed by atoms with van der Waals surface area (Å²) in [5, 5.41) is 3.66. The highest BCUT2D eigenvalue weighted by Crippen LogP contribution is 2.24.